The second-order valence-corrected chi connectivity index (χ2v) is 4.30. The topological polar surface area (TPSA) is 6.48 Å². The SMILES string of the molecule is CN1CCN(/C2=C/C=C\C=C/CC2)CC1. The zero-order valence-electron chi connectivity index (χ0n) is 9.52. The Morgan fingerprint density at radius 3 is 2.60 bits per heavy atom. The molecule has 82 valence electrons. The predicted molar refractivity (Wildman–Crippen MR) is 64.7 cm³/mol. The van der Waals surface area contributed by atoms with E-state index in [9.17, 15) is 0 Å². The molecule has 15 heavy (non-hydrogen) atoms. The van der Waals surface area contributed by atoms with E-state index in [1.807, 2.05) is 0 Å². The van der Waals surface area contributed by atoms with Gasteiger partial charge in [0.1, 0.15) is 0 Å². The van der Waals surface area contributed by atoms with E-state index < -0.39 is 0 Å². The molecule has 0 atom stereocenters. The number of hydrogen-bond donors (Lipinski definition) is 0. The third kappa shape index (κ3) is 2.96. The van der Waals surface area contributed by atoms with E-state index in [-0.39, 0.29) is 0 Å². The van der Waals surface area contributed by atoms with Gasteiger partial charge in [-0.25, -0.2) is 0 Å². The van der Waals surface area contributed by atoms with E-state index in [4.69, 9.17) is 0 Å². The van der Waals surface area contributed by atoms with Crippen LogP contribution in [-0.4, -0.2) is 43.0 Å². The van der Waals surface area contributed by atoms with E-state index in [1.165, 1.54) is 44.7 Å². The van der Waals surface area contributed by atoms with E-state index in [0.717, 1.165) is 0 Å². The molecule has 1 aliphatic heterocycles. The van der Waals surface area contributed by atoms with Gasteiger partial charge in [0.15, 0.2) is 0 Å². The number of nitrogens with zero attached hydrogens (tertiary/aromatic N) is 2. The summed E-state index contributed by atoms with van der Waals surface area (Å²) in [7, 11) is 2.20. The third-order valence-corrected chi connectivity index (χ3v) is 3.12. The Balaban J connectivity index is 1.97. The summed E-state index contributed by atoms with van der Waals surface area (Å²) in [5.74, 6) is 0. The van der Waals surface area contributed by atoms with E-state index in [0.29, 0.717) is 0 Å². The first kappa shape index (κ1) is 10.5. The lowest BCUT2D eigenvalue weighted by Crippen LogP contribution is -2.43. The third-order valence-electron chi connectivity index (χ3n) is 3.12. The Morgan fingerprint density at radius 2 is 1.80 bits per heavy atom. The molecule has 0 aromatic heterocycles. The molecule has 0 unspecified atom stereocenters. The minimum absolute atomic E-state index is 1.17. The highest BCUT2D eigenvalue weighted by molar-refractivity contribution is 5.19. The second kappa shape index (κ2) is 5.17. The Kier molecular flexibility index (Phi) is 3.62. The predicted octanol–water partition coefficient (Wildman–Crippen LogP) is 2.02. The van der Waals surface area contributed by atoms with Gasteiger partial charge in [0.2, 0.25) is 0 Å². The molecule has 0 aromatic carbocycles. The summed E-state index contributed by atoms with van der Waals surface area (Å²) in [6, 6.07) is 0. The van der Waals surface area contributed by atoms with Gasteiger partial charge < -0.3 is 9.80 Å². The summed E-state index contributed by atoms with van der Waals surface area (Å²) >= 11 is 0. The van der Waals surface area contributed by atoms with Crippen LogP contribution in [-0.2, 0) is 0 Å². The van der Waals surface area contributed by atoms with Crippen molar-refractivity contribution in [2.75, 3.05) is 33.2 Å². The first-order valence-corrected chi connectivity index (χ1v) is 5.82. The molecule has 1 aliphatic carbocycles. The van der Waals surface area contributed by atoms with Gasteiger partial charge >= 0.3 is 0 Å². The largest absolute Gasteiger partial charge is 0.372 e. The zero-order valence-corrected chi connectivity index (χ0v) is 9.52. The lowest BCUT2D eigenvalue weighted by molar-refractivity contribution is 0.182. The fraction of sp³-hybridized carbons (Fsp3) is 0.538. The average molecular weight is 204 g/mol. The molecule has 0 radical (unpaired) electrons. The first-order valence-electron chi connectivity index (χ1n) is 5.82. The fourth-order valence-electron chi connectivity index (χ4n) is 2.08. The molecule has 2 aliphatic rings. The number of hydrogen-bond acceptors (Lipinski definition) is 2. The molecule has 2 nitrogen and oxygen atoms in total. The summed E-state index contributed by atoms with van der Waals surface area (Å²) in [4.78, 5) is 4.93. The second-order valence-electron chi connectivity index (χ2n) is 4.30. The highest BCUT2D eigenvalue weighted by atomic mass is 15.2. The molecule has 0 amide bonds. The monoisotopic (exact) mass is 204 g/mol. The summed E-state index contributed by atoms with van der Waals surface area (Å²) in [5, 5.41) is 0. The lowest BCUT2D eigenvalue weighted by atomic mass is 10.1. The number of allylic oxidation sites excluding steroid dienone is 6. The van der Waals surface area contributed by atoms with Crippen LogP contribution in [0.25, 0.3) is 0 Å². The molecule has 0 aromatic rings. The van der Waals surface area contributed by atoms with E-state index in [2.05, 4.69) is 47.2 Å². The van der Waals surface area contributed by atoms with Gasteiger partial charge in [-0.15, -0.1) is 0 Å². The molecule has 1 fully saturated rings. The fourth-order valence-corrected chi connectivity index (χ4v) is 2.08. The van der Waals surface area contributed by atoms with Crippen molar-refractivity contribution in [2.45, 2.75) is 12.8 Å². The van der Waals surface area contributed by atoms with E-state index >= 15 is 0 Å². The molecule has 2 heteroatoms. The molecule has 0 saturated carbocycles. The molecule has 1 heterocycles. The van der Waals surface area contributed by atoms with Crippen LogP contribution in [0, 0.1) is 0 Å². The van der Waals surface area contributed by atoms with Crippen LogP contribution in [0.4, 0.5) is 0 Å². The molecule has 0 N–H and O–H groups in total. The molecule has 0 spiro atoms. The minimum atomic E-state index is 1.17. The van der Waals surface area contributed by atoms with Crippen LogP contribution in [0.2, 0.25) is 0 Å². The highest BCUT2D eigenvalue weighted by Gasteiger charge is 2.15. The zero-order chi connectivity index (χ0) is 10.5. The minimum Gasteiger partial charge on any atom is -0.372 e. The lowest BCUT2D eigenvalue weighted by Gasteiger charge is -2.35. The van der Waals surface area contributed by atoms with Gasteiger partial charge in [0, 0.05) is 31.9 Å². The van der Waals surface area contributed by atoms with Gasteiger partial charge in [-0.05, 0) is 26.0 Å². The molecular formula is C13H20N2. The van der Waals surface area contributed by atoms with Crippen molar-refractivity contribution in [2.24, 2.45) is 0 Å². The van der Waals surface area contributed by atoms with Crippen molar-refractivity contribution in [3.05, 3.63) is 36.1 Å². The Morgan fingerprint density at radius 1 is 1.00 bits per heavy atom. The molecule has 2 rings (SSSR count). The van der Waals surface area contributed by atoms with Crippen molar-refractivity contribution in [3.8, 4) is 0 Å². The van der Waals surface area contributed by atoms with E-state index in [1.54, 1.807) is 0 Å². The maximum Gasteiger partial charge on any atom is 0.0303 e. The number of likely N-dealkylation sites (N-methyl/N-ethyl adjacent to an activating group) is 1. The standard InChI is InChI=1S/C13H20N2/c1-14-9-11-15(12-10-14)13-7-5-3-2-4-6-8-13/h2-5,7H,6,8-12H2,1H3/b4-2-,5-3-,13-7+. The maximum atomic E-state index is 2.53. The number of rotatable bonds is 1. The van der Waals surface area contributed by atoms with Crippen molar-refractivity contribution >= 4 is 0 Å². The highest BCUT2D eigenvalue weighted by Crippen LogP contribution is 2.16. The van der Waals surface area contributed by atoms with Gasteiger partial charge in [0.25, 0.3) is 0 Å². The summed E-state index contributed by atoms with van der Waals surface area (Å²) in [6.45, 7) is 4.74. The van der Waals surface area contributed by atoms with Crippen LogP contribution < -0.4 is 0 Å². The van der Waals surface area contributed by atoms with Crippen molar-refractivity contribution in [1.82, 2.24) is 9.80 Å². The van der Waals surface area contributed by atoms with Crippen molar-refractivity contribution in [1.29, 1.82) is 0 Å². The first-order chi connectivity index (χ1) is 7.36. The van der Waals surface area contributed by atoms with Gasteiger partial charge in [-0.2, -0.15) is 0 Å². The Hall–Kier alpha value is -1.02. The Bertz CT molecular complexity index is 281. The summed E-state index contributed by atoms with van der Waals surface area (Å²) < 4.78 is 0. The quantitative estimate of drug-likeness (QED) is 0.645. The smallest absolute Gasteiger partial charge is 0.0303 e. The molecular weight excluding hydrogens is 184 g/mol. The van der Waals surface area contributed by atoms with Gasteiger partial charge in [0.05, 0.1) is 0 Å². The van der Waals surface area contributed by atoms with Crippen LogP contribution in [0.1, 0.15) is 12.8 Å². The van der Waals surface area contributed by atoms with Crippen molar-refractivity contribution < 1.29 is 0 Å². The normalized spacial score (nSPS) is 31.3. The summed E-state index contributed by atoms with van der Waals surface area (Å²) in [5.41, 5.74) is 1.50. The molecule has 0 bridgehead atoms. The maximum absolute atomic E-state index is 2.53. The average Bonchev–Trinajstić information content (AvgIpc) is 2.19. The van der Waals surface area contributed by atoms with Crippen LogP contribution in [0.5, 0.6) is 0 Å². The molecule has 1 saturated heterocycles. The van der Waals surface area contributed by atoms with Gasteiger partial charge in [-0.3, -0.25) is 0 Å². The van der Waals surface area contributed by atoms with Gasteiger partial charge in [-0.1, -0.05) is 24.3 Å². The summed E-state index contributed by atoms with van der Waals surface area (Å²) in [6.07, 6.45) is 13.3. The van der Waals surface area contributed by atoms with Crippen LogP contribution in [0.3, 0.4) is 0 Å². The van der Waals surface area contributed by atoms with Crippen LogP contribution in [0.15, 0.2) is 36.1 Å². The Labute approximate surface area is 92.6 Å². The number of piperazine rings is 1. The van der Waals surface area contributed by atoms with Crippen LogP contribution >= 0.6 is 0 Å². The van der Waals surface area contributed by atoms with Crippen molar-refractivity contribution in [3.63, 3.8) is 0 Å².